The highest BCUT2D eigenvalue weighted by molar-refractivity contribution is 9.10. The van der Waals surface area contributed by atoms with Crippen LogP contribution >= 0.6 is 15.9 Å². The van der Waals surface area contributed by atoms with Crippen molar-refractivity contribution in [3.63, 3.8) is 0 Å². The van der Waals surface area contributed by atoms with Gasteiger partial charge in [0, 0.05) is 37.2 Å². The molecule has 0 spiro atoms. The van der Waals surface area contributed by atoms with E-state index in [-0.39, 0.29) is 12.5 Å². The monoisotopic (exact) mass is 570 g/mol. The van der Waals surface area contributed by atoms with E-state index in [9.17, 15) is 4.79 Å². The second-order valence-corrected chi connectivity index (χ2v) is 8.99. The van der Waals surface area contributed by atoms with Crippen LogP contribution in [0.4, 0.5) is 0 Å². The van der Waals surface area contributed by atoms with Gasteiger partial charge in [0.1, 0.15) is 17.2 Å². The van der Waals surface area contributed by atoms with Crippen molar-refractivity contribution in [2.75, 3.05) is 32.8 Å². The predicted molar refractivity (Wildman–Crippen MR) is 140 cm³/mol. The molecule has 0 aliphatic carbocycles. The highest BCUT2D eigenvalue weighted by Crippen LogP contribution is 2.23. The maximum atomic E-state index is 12.5. The number of carboxylic acids is 2. The minimum Gasteiger partial charge on any atom is -0.484 e. The average Bonchev–Trinajstić information content (AvgIpc) is 2.90. The number of piperazine rings is 1. The first kappa shape index (κ1) is 27.7. The minimum absolute atomic E-state index is 0.0285. The van der Waals surface area contributed by atoms with E-state index < -0.39 is 11.9 Å². The second kappa shape index (κ2) is 14.0. The molecule has 194 valence electrons. The number of nitrogens with zero attached hydrogens (tertiary/aromatic N) is 2. The van der Waals surface area contributed by atoms with Crippen molar-refractivity contribution in [2.24, 2.45) is 0 Å². The fraction of sp³-hybridized carbons (Fsp3) is 0.222. The molecule has 1 amide bonds. The molecule has 3 aromatic rings. The van der Waals surface area contributed by atoms with E-state index in [1.807, 2.05) is 71.6 Å². The molecule has 0 bridgehead atoms. The molecular formula is C27H27BrN2O7. The molecule has 0 aromatic heterocycles. The van der Waals surface area contributed by atoms with E-state index in [0.717, 1.165) is 35.6 Å². The van der Waals surface area contributed by atoms with E-state index in [4.69, 9.17) is 29.3 Å². The number of carbonyl (C=O) groups is 3. The van der Waals surface area contributed by atoms with Gasteiger partial charge in [-0.2, -0.15) is 0 Å². The van der Waals surface area contributed by atoms with Gasteiger partial charge in [-0.3, -0.25) is 9.69 Å². The number of aliphatic carboxylic acids is 2. The summed E-state index contributed by atoms with van der Waals surface area (Å²) in [6, 6.07) is 25.5. The topological polar surface area (TPSA) is 117 Å². The first-order chi connectivity index (χ1) is 17.8. The molecule has 2 N–H and O–H groups in total. The summed E-state index contributed by atoms with van der Waals surface area (Å²) in [6.45, 7) is 4.01. The lowest BCUT2D eigenvalue weighted by Crippen LogP contribution is -2.49. The molecule has 10 heteroatoms. The zero-order valence-electron chi connectivity index (χ0n) is 20.0. The van der Waals surface area contributed by atoms with E-state index in [1.54, 1.807) is 0 Å². The van der Waals surface area contributed by atoms with E-state index in [2.05, 4.69) is 33.0 Å². The number of halogens is 1. The Bertz CT molecular complexity index is 1170. The van der Waals surface area contributed by atoms with Gasteiger partial charge in [-0.1, -0.05) is 46.3 Å². The van der Waals surface area contributed by atoms with Gasteiger partial charge in [0.15, 0.2) is 6.61 Å². The minimum atomic E-state index is -1.82. The van der Waals surface area contributed by atoms with Crippen molar-refractivity contribution < 1.29 is 34.1 Å². The van der Waals surface area contributed by atoms with Crippen LogP contribution in [0.2, 0.25) is 0 Å². The normalized spacial score (nSPS) is 13.2. The Kier molecular flexibility index (Phi) is 10.5. The zero-order valence-corrected chi connectivity index (χ0v) is 21.5. The lowest BCUT2D eigenvalue weighted by molar-refractivity contribution is -0.159. The van der Waals surface area contributed by atoms with Crippen LogP contribution in [0.5, 0.6) is 17.2 Å². The SMILES string of the molecule is O=C(COc1ccc(Br)cc1)N1CCN(Cc2cccc(Oc3ccccc3)c2)CC1.O=C(O)C(=O)O. The summed E-state index contributed by atoms with van der Waals surface area (Å²) in [6.07, 6.45) is 0. The number of amides is 1. The fourth-order valence-electron chi connectivity index (χ4n) is 3.51. The molecule has 1 heterocycles. The van der Waals surface area contributed by atoms with Gasteiger partial charge in [-0.05, 0) is 54.1 Å². The Morgan fingerprint density at radius 3 is 2.00 bits per heavy atom. The van der Waals surface area contributed by atoms with Crippen LogP contribution in [0.1, 0.15) is 5.56 Å². The van der Waals surface area contributed by atoms with Gasteiger partial charge < -0.3 is 24.6 Å². The third kappa shape index (κ3) is 9.59. The van der Waals surface area contributed by atoms with Crippen LogP contribution in [-0.2, 0) is 20.9 Å². The number of carboxylic acid groups (broad SMARTS) is 2. The van der Waals surface area contributed by atoms with Crippen molar-refractivity contribution in [2.45, 2.75) is 6.54 Å². The summed E-state index contributed by atoms with van der Waals surface area (Å²) in [7, 11) is 0. The van der Waals surface area contributed by atoms with Crippen LogP contribution in [0.3, 0.4) is 0 Å². The first-order valence-corrected chi connectivity index (χ1v) is 12.3. The third-order valence-electron chi connectivity index (χ3n) is 5.37. The summed E-state index contributed by atoms with van der Waals surface area (Å²) in [5.41, 5.74) is 1.20. The largest absolute Gasteiger partial charge is 0.484 e. The summed E-state index contributed by atoms with van der Waals surface area (Å²) in [5, 5.41) is 14.8. The molecule has 4 rings (SSSR count). The summed E-state index contributed by atoms with van der Waals surface area (Å²) >= 11 is 3.39. The predicted octanol–water partition coefficient (Wildman–Crippen LogP) is 4.12. The van der Waals surface area contributed by atoms with Gasteiger partial charge in [0.05, 0.1) is 0 Å². The molecule has 1 fully saturated rings. The van der Waals surface area contributed by atoms with E-state index in [1.165, 1.54) is 5.56 Å². The maximum absolute atomic E-state index is 12.5. The fourth-order valence-corrected chi connectivity index (χ4v) is 3.78. The summed E-state index contributed by atoms with van der Waals surface area (Å²) in [4.78, 5) is 34.9. The van der Waals surface area contributed by atoms with Gasteiger partial charge >= 0.3 is 11.9 Å². The van der Waals surface area contributed by atoms with Gasteiger partial charge in [0.2, 0.25) is 0 Å². The van der Waals surface area contributed by atoms with Crippen molar-refractivity contribution >= 4 is 33.8 Å². The molecule has 0 saturated carbocycles. The number of rotatable bonds is 7. The second-order valence-electron chi connectivity index (χ2n) is 8.07. The Balaban J connectivity index is 0.000000568. The summed E-state index contributed by atoms with van der Waals surface area (Å²) < 4.78 is 12.5. The first-order valence-electron chi connectivity index (χ1n) is 11.5. The molecule has 37 heavy (non-hydrogen) atoms. The van der Waals surface area contributed by atoms with Gasteiger partial charge in [-0.25, -0.2) is 9.59 Å². The van der Waals surface area contributed by atoms with E-state index >= 15 is 0 Å². The molecule has 1 aliphatic heterocycles. The molecule has 0 unspecified atom stereocenters. The molecule has 1 saturated heterocycles. The molecule has 0 atom stereocenters. The number of carbonyl (C=O) groups excluding carboxylic acids is 1. The number of ether oxygens (including phenoxy) is 2. The van der Waals surface area contributed by atoms with Crippen LogP contribution in [-0.4, -0.2) is 70.6 Å². The number of para-hydroxylation sites is 1. The molecule has 0 radical (unpaired) electrons. The van der Waals surface area contributed by atoms with Crippen LogP contribution < -0.4 is 9.47 Å². The third-order valence-corrected chi connectivity index (χ3v) is 5.90. The van der Waals surface area contributed by atoms with Crippen LogP contribution in [0.25, 0.3) is 0 Å². The van der Waals surface area contributed by atoms with Crippen LogP contribution in [0, 0.1) is 0 Å². The smallest absolute Gasteiger partial charge is 0.414 e. The Hall–Kier alpha value is -3.89. The van der Waals surface area contributed by atoms with Crippen molar-refractivity contribution in [1.29, 1.82) is 0 Å². The Labute approximate surface area is 223 Å². The standard InChI is InChI=1S/C25H25BrN2O3.C2H2O4/c26-21-9-11-22(12-10-21)30-19-25(29)28-15-13-27(14-16-28)18-20-5-4-8-24(17-20)31-23-6-2-1-3-7-23;3-1(4)2(5)6/h1-12,17H,13-16,18-19H2;(H,3,4)(H,5,6). The summed E-state index contributed by atoms with van der Waals surface area (Å²) in [5.74, 6) is -1.25. The number of hydrogen-bond acceptors (Lipinski definition) is 6. The molecule has 9 nitrogen and oxygen atoms in total. The van der Waals surface area contributed by atoms with Gasteiger partial charge in [-0.15, -0.1) is 0 Å². The number of hydrogen-bond donors (Lipinski definition) is 2. The van der Waals surface area contributed by atoms with Crippen molar-refractivity contribution in [1.82, 2.24) is 9.80 Å². The van der Waals surface area contributed by atoms with Crippen molar-refractivity contribution in [3.8, 4) is 17.2 Å². The lowest BCUT2D eigenvalue weighted by atomic mass is 10.2. The highest BCUT2D eigenvalue weighted by atomic mass is 79.9. The lowest BCUT2D eigenvalue weighted by Gasteiger charge is -2.34. The van der Waals surface area contributed by atoms with Crippen molar-refractivity contribution in [3.05, 3.63) is 88.9 Å². The Morgan fingerprint density at radius 2 is 1.38 bits per heavy atom. The quantitative estimate of drug-likeness (QED) is 0.407. The maximum Gasteiger partial charge on any atom is 0.414 e. The molecular weight excluding hydrogens is 544 g/mol. The molecule has 1 aliphatic rings. The Morgan fingerprint density at radius 1 is 0.757 bits per heavy atom. The average molecular weight is 571 g/mol. The zero-order chi connectivity index (χ0) is 26.6. The van der Waals surface area contributed by atoms with E-state index in [0.29, 0.717) is 18.8 Å². The molecule has 3 aromatic carbocycles. The number of benzene rings is 3. The highest BCUT2D eigenvalue weighted by Gasteiger charge is 2.21. The van der Waals surface area contributed by atoms with Gasteiger partial charge in [0.25, 0.3) is 5.91 Å². The van der Waals surface area contributed by atoms with Crippen LogP contribution in [0.15, 0.2) is 83.3 Å².